The second kappa shape index (κ2) is 9.72. The van der Waals surface area contributed by atoms with Crippen LogP contribution in [-0.2, 0) is 4.79 Å². The predicted molar refractivity (Wildman–Crippen MR) is 128 cm³/mol. The summed E-state index contributed by atoms with van der Waals surface area (Å²) in [4.78, 5) is 30.1. The highest BCUT2D eigenvalue weighted by Crippen LogP contribution is 2.22. The lowest BCUT2D eigenvalue weighted by Gasteiger charge is -2.13. The fourth-order valence-corrected chi connectivity index (χ4v) is 3.98. The van der Waals surface area contributed by atoms with Crippen LogP contribution in [0.2, 0.25) is 0 Å². The van der Waals surface area contributed by atoms with E-state index in [-0.39, 0.29) is 17.2 Å². The Kier molecular flexibility index (Phi) is 6.59. The van der Waals surface area contributed by atoms with Gasteiger partial charge in [-0.3, -0.25) is 14.2 Å². The first-order valence-electron chi connectivity index (χ1n) is 9.39. The van der Waals surface area contributed by atoms with E-state index in [4.69, 9.17) is 0 Å². The first-order valence-corrected chi connectivity index (χ1v) is 11.2. The number of rotatable bonds is 6. The van der Waals surface area contributed by atoms with Crippen LogP contribution in [0.15, 0.2) is 98.4 Å². The molecule has 1 amide bonds. The van der Waals surface area contributed by atoms with Crippen LogP contribution in [0.4, 0.5) is 0 Å². The molecule has 4 aromatic rings. The number of carbonyl (C=O) groups excluding carboxylic acids is 1. The molecule has 154 valence electrons. The van der Waals surface area contributed by atoms with Crippen LogP contribution >= 0.6 is 27.7 Å². The summed E-state index contributed by atoms with van der Waals surface area (Å²) in [6.07, 6.45) is 1.58. The van der Waals surface area contributed by atoms with Crippen molar-refractivity contribution in [3.8, 4) is 5.69 Å². The van der Waals surface area contributed by atoms with Gasteiger partial charge in [0.25, 0.3) is 11.5 Å². The van der Waals surface area contributed by atoms with Crippen molar-refractivity contribution >= 4 is 50.7 Å². The molecule has 0 saturated carbocycles. The van der Waals surface area contributed by atoms with Gasteiger partial charge in [-0.05, 0) is 42.0 Å². The van der Waals surface area contributed by atoms with Crippen molar-refractivity contribution in [2.45, 2.75) is 5.16 Å². The number of para-hydroxylation sites is 1. The third-order valence-electron chi connectivity index (χ3n) is 4.36. The number of halogens is 1. The van der Waals surface area contributed by atoms with Gasteiger partial charge in [-0.1, -0.05) is 70.2 Å². The van der Waals surface area contributed by atoms with E-state index in [1.54, 1.807) is 18.3 Å². The summed E-state index contributed by atoms with van der Waals surface area (Å²) < 4.78 is 2.43. The van der Waals surface area contributed by atoms with Crippen LogP contribution in [0.3, 0.4) is 0 Å². The molecule has 1 N–H and O–H groups in total. The summed E-state index contributed by atoms with van der Waals surface area (Å²) in [5, 5.41) is 4.94. The SMILES string of the molecule is O=C(CSc1nc2ccccc2c(=O)n1-c1ccc(Br)cc1)N/N=C/c1ccccc1. The number of thioether (sulfide) groups is 1. The van der Waals surface area contributed by atoms with Crippen molar-refractivity contribution in [2.24, 2.45) is 5.10 Å². The molecular formula is C23H17BrN4O2S. The molecule has 0 fully saturated rings. The summed E-state index contributed by atoms with van der Waals surface area (Å²) in [6, 6.07) is 24.0. The highest BCUT2D eigenvalue weighted by Gasteiger charge is 2.14. The molecule has 1 heterocycles. The van der Waals surface area contributed by atoms with Crippen molar-refractivity contribution in [3.05, 3.63) is 99.3 Å². The molecule has 0 bridgehead atoms. The van der Waals surface area contributed by atoms with Crippen LogP contribution in [-0.4, -0.2) is 27.4 Å². The number of benzene rings is 3. The number of amides is 1. The second-order valence-electron chi connectivity index (χ2n) is 6.52. The maximum absolute atomic E-state index is 13.2. The molecule has 0 unspecified atom stereocenters. The van der Waals surface area contributed by atoms with Crippen LogP contribution < -0.4 is 11.0 Å². The van der Waals surface area contributed by atoms with E-state index in [0.29, 0.717) is 21.7 Å². The Balaban J connectivity index is 1.58. The molecule has 0 saturated heterocycles. The van der Waals surface area contributed by atoms with Crippen molar-refractivity contribution < 1.29 is 4.79 Å². The van der Waals surface area contributed by atoms with E-state index < -0.39 is 0 Å². The number of hydrogen-bond donors (Lipinski definition) is 1. The van der Waals surface area contributed by atoms with Crippen LogP contribution in [0.5, 0.6) is 0 Å². The van der Waals surface area contributed by atoms with Gasteiger partial charge in [-0.2, -0.15) is 5.10 Å². The van der Waals surface area contributed by atoms with Crippen molar-refractivity contribution in [2.75, 3.05) is 5.75 Å². The Morgan fingerprint density at radius 3 is 2.52 bits per heavy atom. The first kappa shape index (κ1) is 21.0. The molecule has 1 aromatic heterocycles. The van der Waals surface area contributed by atoms with Gasteiger partial charge in [0.2, 0.25) is 0 Å². The maximum Gasteiger partial charge on any atom is 0.266 e. The van der Waals surface area contributed by atoms with Crippen molar-refractivity contribution in [1.82, 2.24) is 15.0 Å². The summed E-state index contributed by atoms with van der Waals surface area (Å²) in [5.41, 5.74) is 4.48. The summed E-state index contributed by atoms with van der Waals surface area (Å²) >= 11 is 4.59. The molecule has 8 heteroatoms. The minimum atomic E-state index is -0.290. The zero-order chi connectivity index (χ0) is 21.6. The highest BCUT2D eigenvalue weighted by molar-refractivity contribution is 9.10. The second-order valence-corrected chi connectivity index (χ2v) is 8.38. The lowest BCUT2D eigenvalue weighted by Crippen LogP contribution is -2.24. The average molecular weight is 493 g/mol. The molecule has 0 radical (unpaired) electrons. The largest absolute Gasteiger partial charge is 0.272 e. The van der Waals surface area contributed by atoms with Crippen molar-refractivity contribution in [3.63, 3.8) is 0 Å². The monoisotopic (exact) mass is 492 g/mol. The van der Waals surface area contributed by atoms with Gasteiger partial charge in [0, 0.05) is 4.47 Å². The predicted octanol–water partition coefficient (Wildman–Crippen LogP) is 4.39. The van der Waals surface area contributed by atoms with E-state index >= 15 is 0 Å². The number of fused-ring (bicyclic) bond motifs is 1. The summed E-state index contributed by atoms with van der Waals surface area (Å²) in [7, 11) is 0. The van der Waals surface area contributed by atoms with E-state index in [0.717, 1.165) is 10.0 Å². The number of nitrogens with one attached hydrogen (secondary N) is 1. The van der Waals surface area contributed by atoms with Gasteiger partial charge in [0.05, 0.1) is 28.6 Å². The molecule has 6 nitrogen and oxygen atoms in total. The third kappa shape index (κ3) is 5.10. The maximum atomic E-state index is 13.2. The molecule has 0 atom stereocenters. The number of hydrazone groups is 1. The number of carbonyl (C=O) groups is 1. The minimum Gasteiger partial charge on any atom is -0.272 e. The smallest absolute Gasteiger partial charge is 0.266 e. The highest BCUT2D eigenvalue weighted by atomic mass is 79.9. The van der Waals surface area contributed by atoms with E-state index in [9.17, 15) is 9.59 Å². The minimum absolute atomic E-state index is 0.0629. The van der Waals surface area contributed by atoms with Gasteiger partial charge >= 0.3 is 0 Å². The van der Waals surface area contributed by atoms with E-state index in [2.05, 4.69) is 31.4 Å². The lowest BCUT2D eigenvalue weighted by atomic mass is 10.2. The number of nitrogens with zero attached hydrogens (tertiary/aromatic N) is 3. The molecule has 0 aliphatic heterocycles. The number of aromatic nitrogens is 2. The molecule has 4 rings (SSSR count). The third-order valence-corrected chi connectivity index (χ3v) is 5.83. The van der Waals surface area contributed by atoms with Crippen LogP contribution in [0.1, 0.15) is 5.56 Å². The van der Waals surface area contributed by atoms with Gasteiger partial charge < -0.3 is 0 Å². The quantitative estimate of drug-likeness (QED) is 0.187. The van der Waals surface area contributed by atoms with Crippen LogP contribution in [0, 0.1) is 0 Å². The average Bonchev–Trinajstić information content (AvgIpc) is 2.79. The normalized spacial score (nSPS) is 11.1. The lowest BCUT2D eigenvalue weighted by molar-refractivity contribution is -0.118. The Morgan fingerprint density at radius 2 is 1.74 bits per heavy atom. The Labute approximate surface area is 191 Å². The number of hydrogen-bond acceptors (Lipinski definition) is 5. The van der Waals surface area contributed by atoms with Gasteiger partial charge in [0.1, 0.15) is 0 Å². The van der Waals surface area contributed by atoms with Crippen molar-refractivity contribution in [1.29, 1.82) is 0 Å². The molecular weight excluding hydrogens is 476 g/mol. The van der Waals surface area contributed by atoms with E-state index in [1.807, 2.05) is 66.7 Å². The molecule has 0 aliphatic rings. The zero-order valence-corrected chi connectivity index (χ0v) is 18.6. The Bertz CT molecular complexity index is 1300. The van der Waals surface area contributed by atoms with Gasteiger partial charge in [-0.15, -0.1) is 0 Å². The Hall–Kier alpha value is -3.23. The molecule has 31 heavy (non-hydrogen) atoms. The van der Waals surface area contributed by atoms with E-state index in [1.165, 1.54) is 16.3 Å². The summed E-state index contributed by atoms with van der Waals surface area (Å²) in [6.45, 7) is 0. The molecule has 0 aliphatic carbocycles. The molecule has 3 aromatic carbocycles. The topological polar surface area (TPSA) is 76.3 Å². The molecule has 0 spiro atoms. The Morgan fingerprint density at radius 1 is 1.03 bits per heavy atom. The first-order chi connectivity index (χ1) is 15.1. The van der Waals surface area contributed by atoms with Gasteiger partial charge in [0.15, 0.2) is 5.16 Å². The standard InChI is InChI=1S/C23H17BrN4O2S/c24-17-10-12-18(13-11-17)28-22(30)19-8-4-5-9-20(19)26-23(28)31-15-21(29)27-25-14-16-6-2-1-3-7-16/h1-14H,15H2,(H,27,29)/b25-14+. The fraction of sp³-hybridized carbons (Fsp3) is 0.0435. The van der Waals surface area contributed by atoms with Gasteiger partial charge in [-0.25, -0.2) is 10.4 Å². The van der Waals surface area contributed by atoms with Crippen LogP contribution in [0.25, 0.3) is 16.6 Å². The zero-order valence-electron chi connectivity index (χ0n) is 16.2. The summed E-state index contributed by atoms with van der Waals surface area (Å²) in [5.74, 6) is -0.227. The fourth-order valence-electron chi connectivity index (χ4n) is 2.91.